The molecule has 1 aromatic heterocycles. The van der Waals surface area contributed by atoms with E-state index in [2.05, 4.69) is 5.10 Å². The first kappa shape index (κ1) is 9.82. The maximum absolute atomic E-state index is 5.74. The molecule has 0 bridgehead atoms. The van der Waals surface area contributed by atoms with Crippen molar-refractivity contribution < 1.29 is 0 Å². The minimum atomic E-state index is -0.165. The van der Waals surface area contributed by atoms with Crippen LogP contribution in [0.25, 0.3) is 0 Å². The van der Waals surface area contributed by atoms with Gasteiger partial charge in [-0.2, -0.15) is 5.10 Å². The Morgan fingerprint density at radius 2 is 2.08 bits per heavy atom. The fourth-order valence-corrected chi connectivity index (χ4v) is 0.921. The van der Waals surface area contributed by atoms with Gasteiger partial charge in [-0.3, -0.25) is 0 Å². The van der Waals surface area contributed by atoms with Gasteiger partial charge in [-0.05, 0) is 6.92 Å². The van der Waals surface area contributed by atoms with Gasteiger partial charge >= 0.3 is 0 Å². The van der Waals surface area contributed by atoms with Crippen molar-refractivity contribution >= 4 is 11.5 Å². The van der Waals surface area contributed by atoms with E-state index in [0.29, 0.717) is 18.1 Å². The summed E-state index contributed by atoms with van der Waals surface area (Å²) in [5, 5.41) is 3.97. The van der Waals surface area contributed by atoms with Gasteiger partial charge in [0.25, 0.3) is 0 Å². The zero-order valence-electron chi connectivity index (χ0n) is 7.64. The first-order valence-electron chi connectivity index (χ1n) is 4.10. The van der Waals surface area contributed by atoms with Gasteiger partial charge in [-0.25, -0.2) is 4.68 Å². The van der Waals surface area contributed by atoms with Gasteiger partial charge in [0, 0.05) is 12.1 Å². The fourth-order valence-electron chi connectivity index (χ4n) is 0.921. The Morgan fingerprint density at radius 1 is 1.46 bits per heavy atom. The summed E-state index contributed by atoms with van der Waals surface area (Å²) in [5.41, 5.74) is 23.0. The van der Waals surface area contributed by atoms with Crippen molar-refractivity contribution in [1.82, 2.24) is 9.78 Å². The lowest BCUT2D eigenvalue weighted by Crippen LogP contribution is -2.42. The van der Waals surface area contributed by atoms with Crippen LogP contribution in [-0.2, 0) is 6.54 Å². The summed E-state index contributed by atoms with van der Waals surface area (Å²) < 4.78 is 1.56. The van der Waals surface area contributed by atoms with E-state index in [1.165, 1.54) is 6.20 Å². The second-order valence-corrected chi connectivity index (χ2v) is 3.19. The number of anilines is 2. The highest BCUT2D eigenvalue weighted by molar-refractivity contribution is 5.56. The van der Waals surface area contributed by atoms with Gasteiger partial charge in [0.05, 0.1) is 18.4 Å². The van der Waals surface area contributed by atoms with E-state index >= 15 is 0 Å². The van der Waals surface area contributed by atoms with Crippen LogP contribution in [0, 0.1) is 0 Å². The molecular weight excluding hydrogens is 168 g/mol. The summed E-state index contributed by atoms with van der Waals surface area (Å²) in [5.74, 6) is 0.441. The predicted molar refractivity (Wildman–Crippen MR) is 52.7 cm³/mol. The zero-order chi connectivity index (χ0) is 10.0. The van der Waals surface area contributed by atoms with E-state index in [9.17, 15) is 0 Å². The van der Waals surface area contributed by atoms with Crippen LogP contribution in [0.3, 0.4) is 0 Å². The smallest absolute Gasteiger partial charge is 0.145 e. The third kappa shape index (κ3) is 2.10. The number of nitrogens with zero attached hydrogens (tertiary/aromatic N) is 2. The molecule has 0 saturated heterocycles. The van der Waals surface area contributed by atoms with Gasteiger partial charge in [-0.15, -0.1) is 0 Å². The quantitative estimate of drug-likeness (QED) is 0.466. The highest BCUT2D eigenvalue weighted by Crippen LogP contribution is 2.12. The first-order chi connectivity index (χ1) is 6.02. The van der Waals surface area contributed by atoms with Crippen molar-refractivity contribution in [3.8, 4) is 0 Å². The molecule has 0 aliphatic carbocycles. The molecule has 0 aliphatic rings. The second kappa shape index (κ2) is 3.63. The molecule has 0 radical (unpaired) electrons. The van der Waals surface area contributed by atoms with E-state index < -0.39 is 0 Å². The minimum Gasteiger partial charge on any atom is -0.394 e. The Balaban J connectivity index is 2.69. The Bertz CT molecular complexity index is 279. The average Bonchev–Trinajstić information content (AvgIpc) is 2.36. The van der Waals surface area contributed by atoms with Crippen LogP contribution in [0.1, 0.15) is 6.92 Å². The van der Waals surface area contributed by atoms with E-state index in [0.717, 1.165) is 0 Å². The molecule has 1 rings (SSSR count). The van der Waals surface area contributed by atoms with E-state index in [1.54, 1.807) is 4.68 Å². The molecule has 0 aromatic carbocycles. The van der Waals surface area contributed by atoms with Crippen LogP contribution in [0.4, 0.5) is 11.5 Å². The van der Waals surface area contributed by atoms with Crippen molar-refractivity contribution in [2.24, 2.45) is 11.5 Å². The molecule has 6 nitrogen and oxygen atoms in total. The van der Waals surface area contributed by atoms with E-state index in [1.807, 2.05) is 6.92 Å². The van der Waals surface area contributed by atoms with Crippen LogP contribution < -0.4 is 22.9 Å². The number of nitrogen functional groups attached to an aromatic ring is 2. The third-order valence-corrected chi connectivity index (χ3v) is 1.97. The molecular formula is C7H16N6. The molecule has 0 spiro atoms. The van der Waals surface area contributed by atoms with Crippen LogP contribution in [0.15, 0.2) is 6.20 Å². The summed E-state index contributed by atoms with van der Waals surface area (Å²) in [6, 6.07) is -0.258. The highest BCUT2D eigenvalue weighted by atomic mass is 15.3. The Morgan fingerprint density at radius 3 is 2.46 bits per heavy atom. The molecule has 0 saturated carbocycles. The molecule has 74 valence electrons. The lowest BCUT2D eigenvalue weighted by Gasteiger charge is -2.15. The lowest BCUT2D eigenvalue weighted by atomic mass is 10.2. The maximum atomic E-state index is 5.74. The standard InChI is InChI=1S/C7H16N6/c1-4(8)6(10)3-13-7(11)5(9)2-12-13/h2,4,6H,3,8-11H2,1H3. The second-order valence-electron chi connectivity index (χ2n) is 3.19. The summed E-state index contributed by atoms with van der Waals surface area (Å²) in [6.07, 6.45) is 1.50. The SMILES string of the molecule is CC(N)C(N)Cn1ncc(N)c1N. The third-order valence-electron chi connectivity index (χ3n) is 1.97. The Kier molecular flexibility index (Phi) is 2.74. The number of hydrogen-bond acceptors (Lipinski definition) is 5. The molecule has 13 heavy (non-hydrogen) atoms. The Hall–Kier alpha value is -1.27. The summed E-state index contributed by atoms with van der Waals surface area (Å²) in [7, 11) is 0. The van der Waals surface area contributed by atoms with Crippen molar-refractivity contribution in [2.75, 3.05) is 11.5 Å². The average molecular weight is 184 g/mol. The van der Waals surface area contributed by atoms with Gasteiger partial charge in [0.2, 0.25) is 0 Å². The fraction of sp³-hybridized carbons (Fsp3) is 0.571. The van der Waals surface area contributed by atoms with Crippen LogP contribution in [0.5, 0.6) is 0 Å². The maximum Gasteiger partial charge on any atom is 0.145 e. The van der Waals surface area contributed by atoms with E-state index in [-0.39, 0.29) is 12.1 Å². The number of nitrogens with two attached hydrogens (primary N) is 4. The molecule has 6 heteroatoms. The van der Waals surface area contributed by atoms with Crippen LogP contribution >= 0.6 is 0 Å². The van der Waals surface area contributed by atoms with Crippen molar-refractivity contribution in [3.63, 3.8) is 0 Å². The van der Waals surface area contributed by atoms with Crippen LogP contribution in [-0.4, -0.2) is 21.9 Å². The van der Waals surface area contributed by atoms with Crippen molar-refractivity contribution in [3.05, 3.63) is 6.20 Å². The molecule has 0 aliphatic heterocycles. The van der Waals surface area contributed by atoms with Crippen molar-refractivity contribution in [1.29, 1.82) is 0 Å². The molecule has 2 atom stereocenters. The van der Waals surface area contributed by atoms with Gasteiger partial charge in [0.15, 0.2) is 0 Å². The summed E-state index contributed by atoms with van der Waals surface area (Å²) >= 11 is 0. The molecule has 0 fully saturated rings. The largest absolute Gasteiger partial charge is 0.394 e. The zero-order valence-corrected chi connectivity index (χ0v) is 7.64. The highest BCUT2D eigenvalue weighted by Gasteiger charge is 2.11. The van der Waals surface area contributed by atoms with Gasteiger partial charge in [-0.1, -0.05) is 0 Å². The van der Waals surface area contributed by atoms with Crippen molar-refractivity contribution in [2.45, 2.75) is 25.6 Å². The summed E-state index contributed by atoms with van der Waals surface area (Å²) in [4.78, 5) is 0. The normalized spacial score (nSPS) is 15.6. The molecule has 8 N–H and O–H groups in total. The molecule has 2 unspecified atom stereocenters. The summed E-state index contributed by atoms with van der Waals surface area (Å²) in [6.45, 7) is 2.33. The van der Waals surface area contributed by atoms with Crippen LogP contribution in [0.2, 0.25) is 0 Å². The van der Waals surface area contributed by atoms with Gasteiger partial charge in [0.1, 0.15) is 5.82 Å². The molecule has 1 heterocycles. The monoisotopic (exact) mass is 184 g/mol. The van der Waals surface area contributed by atoms with E-state index in [4.69, 9.17) is 22.9 Å². The number of rotatable bonds is 3. The first-order valence-corrected chi connectivity index (χ1v) is 4.10. The molecule has 0 amide bonds. The molecule has 1 aromatic rings. The number of hydrogen-bond donors (Lipinski definition) is 4. The number of aromatic nitrogens is 2. The Labute approximate surface area is 76.9 Å². The topological polar surface area (TPSA) is 122 Å². The predicted octanol–water partition coefficient (Wildman–Crippen LogP) is -1.28. The minimum absolute atomic E-state index is 0.0928. The lowest BCUT2D eigenvalue weighted by molar-refractivity contribution is 0.461. The van der Waals surface area contributed by atoms with Gasteiger partial charge < -0.3 is 22.9 Å².